The SMILES string of the molecule is Cc1c(NC(=O)c2cc(Br)ccc2OCC(C)C)cccc1[N+](=O)[O-]. The van der Waals surface area contributed by atoms with Gasteiger partial charge >= 0.3 is 0 Å². The van der Waals surface area contributed by atoms with E-state index in [1.165, 1.54) is 12.1 Å². The van der Waals surface area contributed by atoms with Gasteiger partial charge in [-0.2, -0.15) is 0 Å². The lowest BCUT2D eigenvalue weighted by atomic mass is 10.1. The van der Waals surface area contributed by atoms with Crippen molar-refractivity contribution in [3.05, 3.63) is 62.1 Å². The summed E-state index contributed by atoms with van der Waals surface area (Å²) in [5, 5.41) is 13.8. The maximum Gasteiger partial charge on any atom is 0.274 e. The van der Waals surface area contributed by atoms with Gasteiger partial charge in [-0.15, -0.1) is 0 Å². The molecule has 0 saturated heterocycles. The number of hydrogen-bond donors (Lipinski definition) is 1. The van der Waals surface area contributed by atoms with Crippen molar-refractivity contribution in [3.63, 3.8) is 0 Å². The van der Waals surface area contributed by atoms with Gasteiger partial charge in [0.2, 0.25) is 0 Å². The highest BCUT2D eigenvalue weighted by molar-refractivity contribution is 9.10. The number of nitrogens with one attached hydrogen (secondary N) is 1. The summed E-state index contributed by atoms with van der Waals surface area (Å²) < 4.78 is 6.46. The van der Waals surface area contributed by atoms with Crippen LogP contribution < -0.4 is 10.1 Å². The van der Waals surface area contributed by atoms with Crippen molar-refractivity contribution in [3.8, 4) is 5.75 Å². The molecule has 0 aliphatic heterocycles. The normalized spacial score (nSPS) is 10.6. The Kier molecular flexibility index (Phi) is 6.14. The minimum Gasteiger partial charge on any atom is -0.492 e. The van der Waals surface area contributed by atoms with Gasteiger partial charge in [-0.1, -0.05) is 35.8 Å². The van der Waals surface area contributed by atoms with E-state index in [2.05, 4.69) is 21.2 Å². The van der Waals surface area contributed by atoms with Gasteiger partial charge in [-0.3, -0.25) is 14.9 Å². The molecule has 0 aliphatic rings. The third kappa shape index (κ3) is 4.79. The molecule has 6 nitrogen and oxygen atoms in total. The number of anilines is 1. The molecule has 0 fully saturated rings. The Morgan fingerprint density at radius 2 is 2.04 bits per heavy atom. The third-order valence-corrected chi connectivity index (χ3v) is 4.00. The fraction of sp³-hybridized carbons (Fsp3) is 0.278. The average molecular weight is 407 g/mol. The van der Waals surface area contributed by atoms with Crippen LogP contribution in [0.3, 0.4) is 0 Å². The number of hydrogen-bond acceptors (Lipinski definition) is 4. The van der Waals surface area contributed by atoms with Crippen molar-refractivity contribution < 1.29 is 14.5 Å². The first-order valence-electron chi connectivity index (χ1n) is 7.77. The molecule has 25 heavy (non-hydrogen) atoms. The van der Waals surface area contributed by atoms with Crippen LogP contribution in [0.15, 0.2) is 40.9 Å². The van der Waals surface area contributed by atoms with Crippen LogP contribution in [-0.4, -0.2) is 17.4 Å². The van der Waals surface area contributed by atoms with Crippen LogP contribution in [0.2, 0.25) is 0 Å². The van der Waals surface area contributed by atoms with E-state index < -0.39 is 4.92 Å². The maximum absolute atomic E-state index is 12.7. The molecule has 0 spiro atoms. The lowest BCUT2D eigenvalue weighted by Crippen LogP contribution is -2.16. The topological polar surface area (TPSA) is 81.5 Å². The standard InChI is InChI=1S/C18H19BrN2O4/c1-11(2)10-25-17-8-7-13(19)9-14(17)18(22)20-15-5-4-6-16(12(15)3)21(23)24/h4-9,11H,10H2,1-3H3,(H,20,22). The van der Waals surface area contributed by atoms with Gasteiger partial charge in [0.25, 0.3) is 11.6 Å². The number of nitrogens with zero attached hydrogens (tertiary/aromatic N) is 1. The fourth-order valence-corrected chi connectivity index (χ4v) is 2.57. The molecule has 0 aromatic heterocycles. The predicted octanol–water partition coefficient (Wildman–Crippen LogP) is 4.95. The Morgan fingerprint density at radius 1 is 1.32 bits per heavy atom. The second-order valence-electron chi connectivity index (χ2n) is 6.01. The number of nitro groups is 1. The zero-order valence-electron chi connectivity index (χ0n) is 14.2. The molecule has 2 aromatic rings. The Balaban J connectivity index is 2.31. The third-order valence-electron chi connectivity index (χ3n) is 3.51. The first-order chi connectivity index (χ1) is 11.8. The van der Waals surface area contributed by atoms with E-state index in [0.717, 1.165) is 4.47 Å². The largest absolute Gasteiger partial charge is 0.492 e. The second-order valence-corrected chi connectivity index (χ2v) is 6.92. The van der Waals surface area contributed by atoms with Gasteiger partial charge in [0.15, 0.2) is 0 Å². The molecule has 0 heterocycles. The van der Waals surface area contributed by atoms with Crippen molar-refractivity contribution in [2.75, 3.05) is 11.9 Å². The highest BCUT2D eigenvalue weighted by atomic mass is 79.9. The quantitative estimate of drug-likeness (QED) is 0.543. The van der Waals surface area contributed by atoms with Crippen LogP contribution in [-0.2, 0) is 0 Å². The Morgan fingerprint density at radius 3 is 2.68 bits per heavy atom. The van der Waals surface area contributed by atoms with E-state index in [4.69, 9.17) is 4.74 Å². The van der Waals surface area contributed by atoms with Crippen LogP contribution in [0, 0.1) is 23.0 Å². The minimum absolute atomic E-state index is 0.0386. The van der Waals surface area contributed by atoms with Gasteiger partial charge in [0.1, 0.15) is 5.75 Å². The molecule has 0 atom stereocenters. The molecule has 132 valence electrons. The summed E-state index contributed by atoms with van der Waals surface area (Å²) in [6.07, 6.45) is 0. The Hall–Kier alpha value is -2.41. The van der Waals surface area contributed by atoms with Gasteiger partial charge in [-0.05, 0) is 37.1 Å². The summed E-state index contributed by atoms with van der Waals surface area (Å²) in [5.74, 6) is 0.403. The van der Waals surface area contributed by atoms with Gasteiger partial charge in [0, 0.05) is 10.5 Å². The van der Waals surface area contributed by atoms with Crippen LogP contribution in [0.5, 0.6) is 5.75 Å². The van der Waals surface area contributed by atoms with Crippen molar-refractivity contribution >= 4 is 33.2 Å². The Bertz CT molecular complexity index is 806. The predicted molar refractivity (Wildman–Crippen MR) is 100 cm³/mol. The highest BCUT2D eigenvalue weighted by Gasteiger charge is 2.18. The molecule has 0 unspecified atom stereocenters. The molecule has 1 N–H and O–H groups in total. The Labute approximate surface area is 154 Å². The first-order valence-corrected chi connectivity index (χ1v) is 8.56. The average Bonchev–Trinajstić information content (AvgIpc) is 2.55. The van der Waals surface area contributed by atoms with Crippen molar-refractivity contribution in [1.82, 2.24) is 0 Å². The summed E-state index contributed by atoms with van der Waals surface area (Å²) >= 11 is 3.35. The van der Waals surface area contributed by atoms with Crippen LogP contribution in [0.1, 0.15) is 29.8 Å². The van der Waals surface area contributed by atoms with E-state index >= 15 is 0 Å². The van der Waals surface area contributed by atoms with E-state index in [-0.39, 0.29) is 11.6 Å². The number of ether oxygens (including phenoxy) is 1. The second kappa shape index (κ2) is 8.11. The number of rotatable bonds is 6. The van der Waals surface area contributed by atoms with Crippen molar-refractivity contribution in [1.29, 1.82) is 0 Å². The number of halogens is 1. The minimum atomic E-state index is -0.471. The molecule has 0 bridgehead atoms. The summed E-state index contributed by atoms with van der Waals surface area (Å²) in [5.41, 5.74) is 1.12. The summed E-state index contributed by atoms with van der Waals surface area (Å²) in [4.78, 5) is 23.3. The molecular formula is C18H19BrN2O4. The van der Waals surface area contributed by atoms with Crippen molar-refractivity contribution in [2.45, 2.75) is 20.8 Å². The van der Waals surface area contributed by atoms with Gasteiger partial charge in [-0.25, -0.2) is 0 Å². The lowest BCUT2D eigenvalue weighted by Gasteiger charge is -2.14. The van der Waals surface area contributed by atoms with Crippen LogP contribution >= 0.6 is 15.9 Å². The van der Waals surface area contributed by atoms with Gasteiger partial charge in [0.05, 0.1) is 28.3 Å². The van der Waals surface area contributed by atoms with Crippen molar-refractivity contribution in [2.24, 2.45) is 5.92 Å². The number of benzene rings is 2. The van der Waals surface area contributed by atoms with Crippen LogP contribution in [0.4, 0.5) is 11.4 Å². The first kappa shape index (κ1) is 18.9. The highest BCUT2D eigenvalue weighted by Crippen LogP contribution is 2.28. The number of carbonyl (C=O) groups excluding carboxylic acids is 1. The number of nitro benzene ring substituents is 1. The molecule has 7 heteroatoms. The molecule has 2 aromatic carbocycles. The smallest absolute Gasteiger partial charge is 0.274 e. The zero-order chi connectivity index (χ0) is 18.6. The van der Waals surface area contributed by atoms with E-state index in [9.17, 15) is 14.9 Å². The molecule has 2 rings (SSSR count). The van der Waals surface area contributed by atoms with Crippen LogP contribution in [0.25, 0.3) is 0 Å². The zero-order valence-corrected chi connectivity index (χ0v) is 15.8. The summed E-state index contributed by atoms with van der Waals surface area (Å²) in [6, 6.07) is 9.76. The molecule has 1 amide bonds. The summed E-state index contributed by atoms with van der Waals surface area (Å²) in [7, 11) is 0. The maximum atomic E-state index is 12.7. The molecular weight excluding hydrogens is 388 g/mol. The van der Waals surface area contributed by atoms with E-state index in [1.807, 2.05) is 13.8 Å². The fourth-order valence-electron chi connectivity index (χ4n) is 2.21. The van der Waals surface area contributed by atoms with Gasteiger partial charge < -0.3 is 10.1 Å². The molecule has 0 aliphatic carbocycles. The monoisotopic (exact) mass is 406 g/mol. The number of amides is 1. The molecule has 0 radical (unpaired) electrons. The van der Waals surface area contributed by atoms with E-state index in [0.29, 0.717) is 35.1 Å². The van der Waals surface area contributed by atoms with E-state index in [1.54, 1.807) is 31.2 Å². The number of carbonyl (C=O) groups is 1. The summed E-state index contributed by atoms with van der Waals surface area (Å²) in [6.45, 7) is 6.12. The lowest BCUT2D eigenvalue weighted by molar-refractivity contribution is -0.385. The molecule has 0 saturated carbocycles.